The first-order valence-electron chi connectivity index (χ1n) is 13.0. The van der Waals surface area contributed by atoms with Gasteiger partial charge in [0.15, 0.2) is 17.3 Å². The molecule has 0 saturated carbocycles. The van der Waals surface area contributed by atoms with Crippen molar-refractivity contribution in [3.05, 3.63) is 121 Å². The number of para-hydroxylation sites is 1. The van der Waals surface area contributed by atoms with Gasteiger partial charge in [-0.2, -0.15) is 9.78 Å². The van der Waals surface area contributed by atoms with Crippen LogP contribution in [-0.4, -0.2) is 22.5 Å². The van der Waals surface area contributed by atoms with Crippen molar-refractivity contribution in [3.63, 3.8) is 0 Å². The van der Waals surface area contributed by atoms with Gasteiger partial charge in [0.1, 0.15) is 12.2 Å². The predicted octanol–water partition coefficient (Wildman–Crippen LogP) is 8.74. The summed E-state index contributed by atoms with van der Waals surface area (Å²) in [6, 6.07) is 25.3. The van der Waals surface area contributed by atoms with E-state index in [1.54, 1.807) is 54.7 Å². The molecule has 0 fully saturated rings. The van der Waals surface area contributed by atoms with E-state index in [2.05, 4.69) is 21.0 Å². The SMILES string of the molecule is CCOc1cc(C=Nn2c(-c3cc4cc(Cl)ccc4o3)nc3ccccc3c2=O)c(Br)cc1OCc1ccc(Cl)cc1. The highest BCUT2D eigenvalue weighted by Gasteiger charge is 2.17. The second-order valence-electron chi connectivity index (χ2n) is 9.28. The van der Waals surface area contributed by atoms with Crippen molar-refractivity contribution in [2.24, 2.45) is 5.10 Å². The summed E-state index contributed by atoms with van der Waals surface area (Å²) in [7, 11) is 0. The number of benzene rings is 4. The molecule has 0 radical (unpaired) electrons. The van der Waals surface area contributed by atoms with Gasteiger partial charge in [-0.15, -0.1) is 0 Å². The largest absolute Gasteiger partial charge is 0.490 e. The number of furan rings is 1. The second kappa shape index (κ2) is 12.0. The minimum atomic E-state index is -0.339. The molecule has 0 N–H and O–H groups in total. The molecule has 2 heterocycles. The molecule has 6 rings (SSSR count). The molecule has 0 aliphatic carbocycles. The van der Waals surface area contributed by atoms with Crippen molar-refractivity contribution in [1.29, 1.82) is 0 Å². The molecular formula is C32H22BrCl2N3O4. The Morgan fingerprint density at radius 3 is 2.52 bits per heavy atom. The van der Waals surface area contributed by atoms with Gasteiger partial charge in [-0.05, 0) is 89.1 Å². The summed E-state index contributed by atoms with van der Waals surface area (Å²) in [6.07, 6.45) is 1.57. The second-order valence-corrected chi connectivity index (χ2v) is 11.0. The van der Waals surface area contributed by atoms with Gasteiger partial charge in [0.2, 0.25) is 5.82 Å². The smallest absolute Gasteiger partial charge is 0.282 e. The summed E-state index contributed by atoms with van der Waals surface area (Å²) < 4.78 is 19.9. The molecule has 42 heavy (non-hydrogen) atoms. The first-order valence-corrected chi connectivity index (χ1v) is 14.5. The Bertz CT molecular complexity index is 2020. The Kier molecular flexibility index (Phi) is 8.02. The molecule has 7 nitrogen and oxygen atoms in total. The van der Waals surface area contributed by atoms with E-state index >= 15 is 0 Å². The van der Waals surface area contributed by atoms with Crippen molar-refractivity contribution in [1.82, 2.24) is 9.66 Å². The number of aromatic nitrogens is 2. The standard InChI is InChI=1S/C32H22BrCl2N3O4/c1-2-40-28-15-21(25(33)16-29(28)41-18-19-7-9-22(34)10-8-19)17-36-38-31(37-26-6-4-3-5-24(26)32(38)39)30-14-20-13-23(35)11-12-27(20)42-30/h3-17H,2,18H2,1H3. The maximum absolute atomic E-state index is 13.6. The normalized spacial score (nSPS) is 11.5. The van der Waals surface area contributed by atoms with E-state index in [4.69, 9.17) is 42.1 Å². The van der Waals surface area contributed by atoms with Gasteiger partial charge >= 0.3 is 0 Å². The highest BCUT2D eigenvalue weighted by atomic mass is 79.9. The molecule has 0 saturated heterocycles. The minimum Gasteiger partial charge on any atom is -0.490 e. The molecule has 0 bridgehead atoms. The fraction of sp³-hybridized carbons (Fsp3) is 0.0938. The molecule has 0 aliphatic heterocycles. The summed E-state index contributed by atoms with van der Waals surface area (Å²) in [5.74, 6) is 1.73. The summed E-state index contributed by atoms with van der Waals surface area (Å²) >= 11 is 15.8. The molecule has 0 aliphatic rings. The van der Waals surface area contributed by atoms with Crippen LogP contribution in [0.5, 0.6) is 11.5 Å². The van der Waals surface area contributed by atoms with Crippen LogP contribution in [-0.2, 0) is 6.61 Å². The molecule has 0 atom stereocenters. The molecular weight excluding hydrogens is 641 g/mol. The van der Waals surface area contributed by atoms with Gasteiger partial charge in [-0.1, -0.05) is 47.5 Å². The van der Waals surface area contributed by atoms with Crippen LogP contribution < -0.4 is 15.0 Å². The van der Waals surface area contributed by atoms with E-state index in [1.165, 1.54) is 4.68 Å². The van der Waals surface area contributed by atoms with E-state index in [0.29, 0.717) is 67.0 Å². The molecule has 0 spiro atoms. The van der Waals surface area contributed by atoms with E-state index in [9.17, 15) is 4.79 Å². The van der Waals surface area contributed by atoms with Crippen LogP contribution in [0.15, 0.2) is 104 Å². The van der Waals surface area contributed by atoms with Crippen LogP contribution in [0, 0.1) is 0 Å². The number of nitrogens with zero attached hydrogens (tertiary/aromatic N) is 3. The zero-order valence-corrected chi connectivity index (χ0v) is 25.3. The number of fused-ring (bicyclic) bond motifs is 2. The highest BCUT2D eigenvalue weighted by molar-refractivity contribution is 9.10. The van der Waals surface area contributed by atoms with Crippen LogP contribution in [0.3, 0.4) is 0 Å². The molecule has 10 heteroatoms. The van der Waals surface area contributed by atoms with Gasteiger partial charge in [-0.25, -0.2) is 4.98 Å². The zero-order valence-electron chi connectivity index (χ0n) is 22.2. The van der Waals surface area contributed by atoms with Crippen molar-refractivity contribution < 1.29 is 13.9 Å². The van der Waals surface area contributed by atoms with Crippen LogP contribution in [0.2, 0.25) is 10.0 Å². The van der Waals surface area contributed by atoms with Crippen LogP contribution in [0.25, 0.3) is 33.5 Å². The Balaban J connectivity index is 1.40. The third-order valence-electron chi connectivity index (χ3n) is 6.44. The fourth-order valence-electron chi connectivity index (χ4n) is 4.41. The zero-order chi connectivity index (χ0) is 29.2. The molecule has 210 valence electrons. The highest BCUT2D eigenvalue weighted by Crippen LogP contribution is 2.34. The summed E-state index contributed by atoms with van der Waals surface area (Å²) in [5.41, 5.74) is 2.44. The quantitative estimate of drug-likeness (QED) is 0.152. The molecule has 0 amide bonds. The van der Waals surface area contributed by atoms with Crippen molar-refractivity contribution in [3.8, 4) is 23.1 Å². The first kappa shape index (κ1) is 28.0. The maximum Gasteiger partial charge on any atom is 0.282 e. The van der Waals surface area contributed by atoms with Crippen molar-refractivity contribution >= 4 is 67.2 Å². The fourth-order valence-corrected chi connectivity index (χ4v) is 5.14. The topological polar surface area (TPSA) is 78.9 Å². The Morgan fingerprint density at radius 1 is 0.952 bits per heavy atom. The average Bonchev–Trinajstić information content (AvgIpc) is 3.41. The van der Waals surface area contributed by atoms with E-state index in [1.807, 2.05) is 43.3 Å². The minimum absolute atomic E-state index is 0.256. The number of halogens is 3. The summed E-state index contributed by atoms with van der Waals surface area (Å²) in [4.78, 5) is 18.4. The lowest BCUT2D eigenvalue weighted by Crippen LogP contribution is -2.20. The van der Waals surface area contributed by atoms with Crippen LogP contribution in [0.4, 0.5) is 0 Å². The van der Waals surface area contributed by atoms with Gasteiger partial charge < -0.3 is 13.9 Å². The molecule has 6 aromatic rings. The first-order chi connectivity index (χ1) is 20.4. The lowest BCUT2D eigenvalue weighted by atomic mass is 10.2. The van der Waals surface area contributed by atoms with Crippen molar-refractivity contribution in [2.45, 2.75) is 13.5 Å². The van der Waals surface area contributed by atoms with Gasteiger partial charge in [0.25, 0.3) is 5.56 Å². The Hall–Kier alpha value is -4.11. The third-order valence-corrected chi connectivity index (χ3v) is 7.61. The molecule has 0 unspecified atom stereocenters. The number of hydrogen-bond acceptors (Lipinski definition) is 6. The van der Waals surface area contributed by atoms with Gasteiger partial charge in [-0.3, -0.25) is 4.79 Å². The van der Waals surface area contributed by atoms with Crippen LogP contribution >= 0.6 is 39.1 Å². The Labute approximate surface area is 259 Å². The van der Waals surface area contributed by atoms with E-state index in [-0.39, 0.29) is 11.4 Å². The lowest BCUT2D eigenvalue weighted by Gasteiger charge is -2.14. The lowest BCUT2D eigenvalue weighted by molar-refractivity contribution is 0.269. The molecule has 2 aromatic heterocycles. The maximum atomic E-state index is 13.6. The average molecular weight is 663 g/mol. The molecule has 4 aromatic carbocycles. The summed E-state index contributed by atoms with van der Waals surface area (Å²) in [5, 5.41) is 7.03. The predicted molar refractivity (Wildman–Crippen MR) is 170 cm³/mol. The number of hydrogen-bond donors (Lipinski definition) is 0. The summed E-state index contributed by atoms with van der Waals surface area (Å²) in [6.45, 7) is 2.66. The number of ether oxygens (including phenoxy) is 2. The third kappa shape index (κ3) is 5.79. The monoisotopic (exact) mass is 661 g/mol. The van der Waals surface area contributed by atoms with E-state index < -0.39 is 0 Å². The van der Waals surface area contributed by atoms with Crippen molar-refractivity contribution in [2.75, 3.05) is 6.61 Å². The number of rotatable bonds is 8. The Morgan fingerprint density at radius 2 is 1.71 bits per heavy atom. The van der Waals surface area contributed by atoms with Crippen LogP contribution in [0.1, 0.15) is 18.1 Å². The van der Waals surface area contributed by atoms with E-state index in [0.717, 1.165) is 10.9 Å². The van der Waals surface area contributed by atoms with Gasteiger partial charge in [0.05, 0.1) is 23.7 Å². The van der Waals surface area contributed by atoms with Gasteiger partial charge in [0, 0.05) is 25.5 Å².